The fraction of sp³-hybridized carbons (Fsp3) is 0.812. The van der Waals surface area contributed by atoms with Crippen LogP contribution in [0.3, 0.4) is 0 Å². The minimum atomic E-state index is -0.166. The average Bonchev–Trinajstić information content (AvgIpc) is 2.64. The molecule has 120 valence electrons. The van der Waals surface area contributed by atoms with E-state index in [9.17, 15) is 14.4 Å². The molecule has 0 spiro atoms. The maximum Gasteiger partial charge on any atom is 0.232 e. The molecule has 1 rings (SSSR count). The third-order valence-electron chi connectivity index (χ3n) is 4.14. The zero-order valence-electron chi connectivity index (χ0n) is 13.6. The Labute approximate surface area is 127 Å². The number of likely N-dealkylation sites (tertiary alicyclic amines) is 1. The molecule has 1 fully saturated rings. The maximum atomic E-state index is 11.7. The first kappa shape index (κ1) is 17.7. The molecule has 0 aromatic carbocycles. The molecule has 1 aliphatic heterocycles. The normalized spacial score (nSPS) is 20.2. The maximum absolute atomic E-state index is 11.7. The van der Waals surface area contributed by atoms with Gasteiger partial charge in [-0.3, -0.25) is 19.3 Å². The van der Waals surface area contributed by atoms with Crippen molar-refractivity contribution in [1.82, 2.24) is 10.2 Å². The van der Waals surface area contributed by atoms with Crippen LogP contribution in [0.1, 0.15) is 59.8 Å². The number of carbonyl (C=O) groups excluding carboxylic acids is 3. The van der Waals surface area contributed by atoms with Gasteiger partial charge in [0.2, 0.25) is 17.7 Å². The number of imide groups is 1. The van der Waals surface area contributed by atoms with Crippen LogP contribution in [-0.2, 0) is 14.4 Å². The minimum absolute atomic E-state index is 0.0523. The fourth-order valence-electron chi connectivity index (χ4n) is 2.31. The predicted octanol–water partition coefficient (Wildman–Crippen LogP) is 2.10. The van der Waals surface area contributed by atoms with Crippen molar-refractivity contribution in [3.63, 3.8) is 0 Å². The van der Waals surface area contributed by atoms with E-state index in [1.807, 2.05) is 6.92 Å². The molecule has 0 aliphatic carbocycles. The molecule has 21 heavy (non-hydrogen) atoms. The van der Waals surface area contributed by atoms with Gasteiger partial charge in [-0.15, -0.1) is 0 Å². The molecule has 3 amide bonds. The molecule has 1 aliphatic rings. The second-order valence-corrected chi connectivity index (χ2v) is 6.40. The first-order chi connectivity index (χ1) is 9.82. The third-order valence-corrected chi connectivity index (χ3v) is 4.14. The summed E-state index contributed by atoms with van der Waals surface area (Å²) in [5.41, 5.74) is 0. The summed E-state index contributed by atoms with van der Waals surface area (Å²) >= 11 is 0. The van der Waals surface area contributed by atoms with Crippen molar-refractivity contribution >= 4 is 17.7 Å². The summed E-state index contributed by atoms with van der Waals surface area (Å²) in [5, 5.41) is 2.97. The van der Waals surface area contributed by atoms with Gasteiger partial charge in [0.15, 0.2) is 0 Å². The molecule has 2 unspecified atom stereocenters. The molecule has 2 atom stereocenters. The number of nitrogens with zero attached hydrogens (tertiary/aromatic N) is 1. The Balaban J connectivity index is 2.14. The van der Waals surface area contributed by atoms with Crippen molar-refractivity contribution < 1.29 is 14.4 Å². The second kappa shape index (κ2) is 8.15. The molecular weight excluding hydrogens is 268 g/mol. The van der Waals surface area contributed by atoms with E-state index in [0.29, 0.717) is 25.3 Å². The van der Waals surface area contributed by atoms with E-state index in [-0.39, 0.29) is 29.7 Å². The van der Waals surface area contributed by atoms with Gasteiger partial charge in [-0.2, -0.15) is 0 Å². The van der Waals surface area contributed by atoms with Gasteiger partial charge in [-0.1, -0.05) is 27.2 Å². The summed E-state index contributed by atoms with van der Waals surface area (Å²) in [5.74, 6) is 0.238. The lowest BCUT2D eigenvalue weighted by Gasteiger charge is -2.17. The molecule has 1 saturated heterocycles. The summed E-state index contributed by atoms with van der Waals surface area (Å²) in [6, 6.07) is 0.193. The zero-order valence-corrected chi connectivity index (χ0v) is 13.6. The Morgan fingerprint density at radius 3 is 2.43 bits per heavy atom. The van der Waals surface area contributed by atoms with Gasteiger partial charge in [0.1, 0.15) is 0 Å². The predicted molar refractivity (Wildman–Crippen MR) is 81.4 cm³/mol. The number of hydrogen-bond donors (Lipinski definition) is 1. The Bertz CT molecular complexity index is 393. The Morgan fingerprint density at radius 2 is 1.90 bits per heavy atom. The number of nitrogens with one attached hydrogen (secondary N) is 1. The Kier molecular flexibility index (Phi) is 6.85. The van der Waals surface area contributed by atoms with E-state index < -0.39 is 0 Å². The van der Waals surface area contributed by atoms with E-state index in [1.165, 1.54) is 4.90 Å². The summed E-state index contributed by atoms with van der Waals surface area (Å²) in [6.45, 7) is 8.45. The summed E-state index contributed by atoms with van der Waals surface area (Å²) in [7, 11) is 0. The highest BCUT2D eigenvalue weighted by atomic mass is 16.2. The average molecular weight is 296 g/mol. The fourth-order valence-corrected chi connectivity index (χ4v) is 2.31. The van der Waals surface area contributed by atoms with Crippen molar-refractivity contribution in [2.45, 2.75) is 65.8 Å². The van der Waals surface area contributed by atoms with E-state index in [4.69, 9.17) is 0 Å². The second-order valence-electron chi connectivity index (χ2n) is 6.40. The van der Waals surface area contributed by atoms with Gasteiger partial charge in [0.25, 0.3) is 0 Å². The number of amides is 3. The molecule has 0 radical (unpaired) electrons. The molecule has 0 aromatic rings. The van der Waals surface area contributed by atoms with Gasteiger partial charge in [-0.05, 0) is 25.7 Å². The van der Waals surface area contributed by atoms with E-state index in [0.717, 1.165) is 19.3 Å². The topological polar surface area (TPSA) is 66.5 Å². The smallest absolute Gasteiger partial charge is 0.232 e. The van der Waals surface area contributed by atoms with Crippen LogP contribution in [-0.4, -0.2) is 35.2 Å². The monoisotopic (exact) mass is 296 g/mol. The molecule has 0 bridgehead atoms. The lowest BCUT2D eigenvalue weighted by molar-refractivity contribution is -0.139. The minimum Gasteiger partial charge on any atom is -0.353 e. The SMILES string of the molecule is CC1CC(=O)N(CCCCCC(=O)NC(C)C(C)C)C1=O. The summed E-state index contributed by atoms with van der Waals surface area (Å²) in [4.78, 5) is 36.4. The first-order valence-corrected chi connectivity index (χ1v) is 7.96. The molecule has 1 heterocycles. The zero-order chi connectivity index (χ0) is 16.0. The summed E-state index contributed by atoms with van der Waals surface area (Å²) < 4.78 is 0. The van der Waals surface area contributed by atoms with Crippen molar-refractivity contribution in [3.05, 3.63) is 0 Å². The van der Waals surface area contributed by atoms with Crippen molar-refractivity contribution in [2.75, 3.05) is 6.54 Å². The molecule has 1 N–H and O–H groups in total. The van der Waals surface area contributed by atoms with E-state index in [2.05, 4.69) is 19.2 Å². The van der Waals surface area contributed by atoms with Crippen LogP contribution >= 0.6 is 0 Å². The highest BCUT2D eigenvalue weighted by Crippen LogP contribution is 2.19. The highest BCUT2D eigenvalue weighted by Gasteiger charge is 2.34. The van der Waals surface area contributed by atoms with Crippen molar-refractivity contribution in [2.24, 2.45) is 11.8 Å². The van der Waals surface area contributed by atoms with Gasteiger partial charge >= 0.3 is 0 Å². The van der Waals surface area contributed by atoms with Crippen molar-refractivity contribution in [3.8, 4) is 0 Å². The molecule has 0 saturated carbocycles. The quantitative estimate of drug-likeness (QED) is 0.551. The molecule has 5 nitrogen and oxygen atoms in total. The van der Waals surface area contributed by atoms with Crippen LogP contribution in [0.4, 0.5) is 0 Å². The van der Waals surface area contributed by atoms with Gasteiger partial charge in [0, 0.05) is 31.3 Å². The number of hydrogen-bond acceptors (Lipinski definition) is 3. The lowest BCUT2D eigenvalue weighted by Crippen LogP contribution is -2.35. The third kappa shape index (κ3) is 5.48. The van der Waals surface area contributed by atoms with E-state index >= 15 is 0 Å². The highest BCUT2D eigenvalue weighted by molar-refractivity contribution is 6.03. The molecule has 0 aromatic heterocycles. The Morgan fingerprint density at radius 1 is 1.24 bits per heavy atom. The number of rotatable bonds is 8. The summed E-state index contributed by atoms with van der Waals surface area (Å²) in [6.07, 6.45) is 3.28. The standard InChI is InChI=1S/C16H28N2O3/c1-11(2)13(4)17-14(19)8-6-5-7-9-18-15(20)10-12(3)16(18)21/h11-13H,5-10H2,1-4H3,(H,17,19). The van der Waals surface area contributed by atoms with Gasteiger partial charge in [0.05, 0.1) is 0 Å². The largest absolute Gasteiger partial charge is 0.353 e. The lowest BCUT2D eigenvalue weighted by atomic mass is 10.1. The Hall–Kier alpha value is -1.39. The molecule has 5 heteroatoms. The van der Waals surface area contributed by atoms with Gasteiger partial charge < -0.3 is 5.32 Å². The van der Waals surface area contributed by atoms with Crippen molar-refractivity contribution in [1.29, 1.82) is 0 Å². The number of carbonyl (C=O) groups is 3. The van der Waals surface area contributed by atoms with Crippen LogP contribution in [0, 0.1) is 11.8 Å². The van der Waals surface area contributed by atoms with Crippen LogP contribution in [0.25, 0.3) is 0 Å². The van der Waals surface area contributed by atoms with Crippen LogP contribution in [0.2, 0.25) is 0 Å². The van der Waals surface area contributed by atoms with Crippen LogP contribution in [0.15, 0.2) is 0 Å². The van der Waals surface area contributed by atoms with Crippen LogP contribution < -0.4 is 5.32 Å². The van der Waals surface area contributed by atoms with Crippen LogP contribution in [0.5, 0.6) is 0 Å². The van der Waals surface area contributed by atoms with Gasteiger partial charge in [-0.25, -0.2) is 0 Å². The van der Waals surface area contributed by atoms with E-state index in [1.54, 1.807) is 6.92 Å². The first-order valence-electron chi connectivity index (χ1n) is 7.96. The number of unbranched alkanes of at least 4 members (excludes halogenated alkanes) is 2. The molecular formula is C16H28N2O3.